The van der Waals surface area contributed by atoms with E-state index in [1.54, 1.807) is 19.2 Å². The lowest BCUT2D eigenvalue weighted by atomic mass is 10.1. The Hall–Kier alpha value is -2.49. The van der Waals surface area contributed by atoms with Gasteiger partial charge in [-0.25, -0.2) is 0 Å². The van der Waals surface area contributed by atoms with Gasteiger partial charge < -0.3 is 14.8 Å². The number of carbonyl (C=O) groups excluding carboxylic acids is 1. The lowest BCUT2D eigenvalue weighted by molar-refractivity contribution is 0.0940. The van der Waals surface area contributed by atoms with Crippen LogP contribution in [0, 0.1) is 0 Å². The molecule has 23 heavy (non-hydrogen) atoms. The van der Waals surface area contributed by atoms with Gasteiger partial charge in [0.25, 0.3) is 5.91 Å². The van der Waals surface area contributed by atoms with Crippen molar-refractivity contribution in [3.05, 3.63) is 59.7 Å². The Kier molecular flexibility index (Phi) is 6.03. The Morgan fingerprint density at radius 3 is 2.22 bits per heavy atom. The fourth-order valence-corrected chi connectivity index (χ4v) is 2.18. The number of hydrogen-bond acceptors (Lipinski definition) is 3. The monoisotopic (exact) mass is 313 g/mol. The number of nitrogens with one attached hydrogen (secondary N) is 1. The van der Waals surface area contributed by atoms with Crippen LogP contribution in [-0.2, 0) is 0 Å². The van der Waals surface area contributed by atoms with E-state index in [0.717, 1.165) is 23.5 Å². The molecule has 2 aromatic rings. The minimum atomic E-state index is -0.102. The molecule has 0 bridgehead atoms. The van der Waals surface area contributed by atoms with Crippen molar-refractivity contribution in [1.29, 1.82) is 0 Å². The molecule has 0 heterocycles. The molecule has 0 saturated carbocycles. The third kappa shape index (κ3) is 4.74. The zero-order valence-corrected chi connectivity index (χ0v) is 13.8. The average Bonchev–Trinajstić information content (AvgIpc) is 2.60. The van der Waals surface area contributed by atoms with Crippen molar-refractivity contribution >= 4 is 5.91 Å². The van der Waals surface area contributed by atoms with Gasteiger partial charge in [0.05, 0.1) is 19.8 Å². The second kappa shape index (κ2) is 8.22. The molecular formula is C19H23NO3. The van der Waals surface area contributed by atoms with Crippen LogP contribution in [0.5, 0.6) is 11.5 Å². The van der Waals surface area contributed by atoms with E-state index in [1.807, 2.05) is 43.3 Å². The SMILES string of the molecule is CCCOc1ccc(C(=O)N[C@@H](C)c2ccc(OC)cc2)cc1. The summed E-state index contributed by atoms with van der Waals surface area (Å²) in [5, 5.41) is 2.99. The van der Waals surface area contributed by atoms with Gasteiger partial charge >= 0.3 is 0 Å². The molecule has 2 rings (SSSR count). The minimum Gasteiger partial charge on any atom is -0.497 e. The van der Waals surface area contributed by atoms with Crippen molar-refractivity contribution < 1.29 is 14.3 Å². The molecule has 2 aromatic carbocycles. The van der Waals surface area contributed by atoms with Gasteiger partial charge in [-0.3, -0.25) is 4.79 Å². The average molecular weight is 313 g/mol. The molecule has 1 N–H and O–H groups in total. The quantitative estimate of drug-likeness (QED) is 0.841. The van der Waals surface area contributed by atoms with E-state index in [9.17, 15) is 4.79 Å². The van der Waals surface area contributed by atoms with Crippen molar-refractivity contribution in [2.24, 2.45) is 0 Å². The van der Waals surface area contributed by atoms with Crippen LogP contribution in [0.15, 0.2) is 48.5 Å². The number of ether oxygens (including phenoxy) is 2. The zero-order chi connectivity index (χ0) is 16.7. The number of carbonyl (C=O) groups is 1. The lowest BCUT2D eigenvalue weighted by Crippen LogP contribution is -2.26. The molecule has 0 saturated heterocycles. The van der Waals surface area contributed by atoms with Crippen molar-refractivity contribution in [2.45, 2.75) is 26.3 Å². The van der Waals surface area contributed by atoms with E-state index in [2.05, 4.69) is 12.2 Å². The molecule has 4 heteroatoms. The number of amides is 1. The summed E-state index contributed by atoms with van der Waals surface area (Å²) < 4.78 is 10.7. The van der Waals surface area contributed by atoms with Gasteiger partial charge in [-0.2, -0.15) is 0 Å². The van der Waals surface area contributed by atoms with Crippen molar-refractivity contribution in [2.75, 3.05) is 13.7 Å². The Morgan fingerprint density at radius 1 is 1.04 bits per heavy atom. The van der Waals surface area contributed by atoms with Crippen molar-refractivity contribution in [1.82, 2.24) is 5.32 Å². The number of rotatable bonds is 7. The highest BCUT2D eigenvalue weighted by molar-refractivity contribution is 5.94. The molecule has 1 amide bonds. The molecule has 0 aliphatic heterocycles. The summed E-state index contributed by atoms with van der Waals surface area (Å²) in [7, 11) is 1.63. The van der Waals surface area contributed by atoms with Crippen LogP contribution >= 0.6 is 0 Å². The van der Waals surface area contributed by atoms with Gasteiger partial charge in [-0.1, -0.05) is 19.1 Å². The molecule has 4 nitrogen and oxygen atoms in total. The summed E-state index contributed by atoms with van der Waals surface area (Å²) in [5.41, 5.74) is 1.65. The van der Waals surface area contributed by atoms with Crippen LogP contribution in [0.25, 0.3) is 0 Å². The second-order valence-corrected chi connectivity index (χ2v) is 5.34. The normalized spacial score (nSPS) is 11.6. The Balaban J connectivity index is 1.97. The van der Waals surface area contributed by atoms with E-state index < -0.39 is 0 Å². The fraction of sp³-hybridized carbons (Fsp3) is 0.316. The highest BCUT2D eigenvalue weighted by atomic mass is 16.5. The van der Waals surface area contributed by atoms with E-state index >= 15 is 0 Å². The second-order valence-electron chi connectivity index (χ2n) is 5.34. The third-order valence-corrected chi connectivity index (χ3v) is 3.55. The van der Waals surface area contributed by atoms with E-state index in [-0.39, 0.29) is 11.9 Å². The highest BCUT2D eigenvalue weighted by Crippen LogP contribution is 2.18. The van der Waals surface area contributed by atoms with Crippen molar-refractivity contribution in [3.63, 3.8) is 0 Å². The summed E-state index contributed by atoms with van der Waals surface area (Å²) in [6.07, 6.45) is 0.960. The third-order valence-electron chi connectivity index (χ3n) is 3.55. The first-order valence-electron chi connectivity index (χ1n) is 7.81. The minimum absolute atomic E-state index is 0.0792. The number of hydrogen-bond donors (Lipinski definition) is 1. The van der Waals surface area contributed by atoms with Gasteiger partial charge in [0, 0.05) is 5.56 Å². The predicted octanol–water partition coefficient (Wildman–Crippen LogP) is 3.98. The van der Waals surface area contributed by atoms with Crippen LogP contribution in [-0.4, -0.2) is 19.6 Å². The van der Waals surface area contributed by atoms with Crippen LogP contribution in [0.4, 0.5) is 0 Å². The summed E-state index contributed by atoms with van der Waals surface area (Å²) in [4.78, 5) is 12.3. The van der Waals surface area contributed by atoms with E-state index in [1.165, 1.54) is 0 Å². The van der Waals surface area contributed by atoms with Crippen LogP contribution < -0.4 is 14.8 Å². The number of methoxy groups -OCH3 is 1. The molecule has 122 valence electrons. The predicted molar refractivity (Wildman–Crippen MR) is 91.1 cm³/mol. The van der Waals surface area contributed by atoms with Gasteiger partial charge in [0.2, 0.25) is 0 Å². The summed E-state index contributed by atoms with van der Waals surface area (Å²) >= 11 is 0. The summed E-state index contributed by atoms with van der Waals surface area (Å²) in [5.74, 6) is 1.48. The van der Waals surface area contributed by atoms with Gasteiger partial charge in [-0.15, -0.1) is 0 Å². The first-order valence-corrected chi connectivity index (χ1v) is 7.81. The first-order chi connectivity index (χ1) is 11.1. The molecule has 0 aliphatic carbocycles. The molecule has 0 aromatic heterocycles. The van der Waals surface area contributed by atoms with Crippen molar-refractivity contribution in [3.8, 4) is 11.5 Å². The molecule has 0 fully saturated rings. The van der Waals surface area contributed by atoms with Crippen LogP contribution in [0.3, 0.4) is 0 Å². The van der Waals surface area contributed by atoms with Crippen LogP contribution in [0.2, 0.25) is 0 Å². The first kappa shape index (κ1) is 16.9. The Morgan fingerprint density at radius 2 is 1.65 bits per heavy atom. The summed E-state index contributed by atoms with van der Waals surface area (Å²) in [6, 6.07) is 14.8. The largest absolute Gasteiger partial charge is 0.497 e. The zero-order valence-electron chi connectivity index (χ0n) is 13.8. The maximum absolute atomic E-state index is 12.3. The molecule has 0 spiro atoms. The van der Waals surface area contributed by atoms with Gasteiger partial charge in [-0.05, 0) is 55.3 Å². The highest BCUT2D eigenvalue weighted by Gasteiger charge is 2.11. The van der Waals surface area contributed by atoms with Gasteiger partial charge in [0.1, 0.15) is 11.5 Å². The topological polar surface area (TPSA) is 47.6 Å². The molecule has 1 atom stereocenters. The number of benzene rings is 2. The fourth-order valence-electron chi connectivity index (χ4n) is 2.18. The van der Waals surface area contributed by atoms with E-state index in [4.69, 9.17) is 9.47 Å². The smallest absolute Gasteiger partial charge is 0.251 e. The Bertz CT molecular complexity index is 620. The van der Waals surface area contributed by atoms with Gasteiger partial charge in [0.15, 0.2) is 0 Å². The Labute approximate surface area is 137 Å². The molecule has 0 aliphatic rings. The molecule has 0 unspecified atom stereocenters. The van der Waals surface area contributed by atoms with E-state index in [0.29, 0.717) is 12.2 Å². The maximum Gasteiger partial charge on any atom is 0.251 e. The summed E-state index contributed by atoms with van der Waals surface area (Å²) in [6.45, 7) is 4.70. The lowest BCUT2D eigenvalue weighted by Gasteiger charge is -2.15. The molecular weight excluding hydrogens is 290 g/mol. The van der Waals surface area contributed by atoms with Crippen LogP contribution in [0.1, 0.15) is 42.2 Å². The standard InChI is InChI=1S/C19H23NO3/c1-4-13-23-18-11-7-16(8-12-18)19(21)20-14(2)15-5-9-17(22-3)10-6-15/h5-12,14H,4,13H2,1-3H3,(H,20,21)/t14-/m0/s1. The maximum atomic E-state index is 12.3. The molecule has 0 radical (unpaired) electrons.